The second-order valence-corrected chi connectivity index (χ2v) is 4.42. The molecule has 0 saturated carbocycles. The van der Waals surface area contributed by atoms with Crippen LogP contribution in [0.25, 0.3) is 0 Å². The summed E-state index contributed by atoms with van der Waals surface area (Å²) >= 11 is 3.19. The summed E-state index contributed by atoms with van der Waals surface area (Å²) < 4.78 is 0.643. The summed E-state index contributed by atoms with van der Waals surface area (Å²) in [5, 5.41) is 14.0. The largest absolute Gasteiger partial charge is 0.316 e. The number of nitrogens with one attached hydrogen (secondary N) is 1. The molecule has 0 amide bonds. The molecule has 0 unspecified atom stereocenters. The number of hydrogen-bond acceptors (Lipinski definition) is 4. The Kier molecular flexibility index (Phi) is 2.97. The lowest BCUT2D eigenvalue weighted by Gasteiger charge is -2.07. The van der Waals surface area contributed by atoms with Gasteiger partial charge in [0.2, 0.25) is 0 Å². The average Bonchev–Trinajstić information content (AvgIpc) is 2.70. The van der Waals surface area contributed by atoms with E-state index in [0.29, 0.717) is 10.2 Å². The molecule has 2 heterocycles. The highest BCUT2D eigenvalue weighted by atomic mass is 79.9. The van der Waals surface area contributed by atoms with Crippen LogP contribution in [0.3, 0.4) is 0 Å². The van der Waals surface area contributed by atoms with E-state index in [4.69, 9.17) is 0 Å². The van der Waals surface area contributed by atoms with Crippen LogP contribution < -0.4 is 5.32 Å². The first-order valence-corrected chi connectivity index (χ1v) is 5.48. The monoisotopic (exact) mass is 271 g/mol. The van der Waals surface area contributed by atoms with E-state index in [-0.39, 0.29) is 16.5 Å². The van der Waals surface area contributed by atoms with E-state index in [0.717, 1.165) is 19.5 Å². The second-order valence-electron chi connectivity index (χ2n) is 3.50. The third-order valence-corrected chi connectivity index (χ3v) is 2.94. The molecule has 1 aliphatic rings. The molecule has 6 heteroatoms. The number of hydrogen-bond donors (Lipinski definition) is 1. The summed E-state index contributed by atoms with van der Waals surface area (Å²) in [5.41, 5.74) is 0.700. The summed E-state index contributed by atoms with van der Waals surface area (Å²) in [6.45, 7) is 1.68. The SMILES string of the molecule is O=[N+]([O-])c1cc(Br)cnc1[C@H]1CCNC1. The van der Waals surface area contributed by atoms with Crippen molar-refractivity contribution in [2.75, 3.05) is 13.1 Å². The number of nitrogens with zero attached hydrogens (tertiary/aromatic N) is 2. The van der Waals surface area contributed by atoms with E-state index in [1.54, 1.807) is 6.20 Å². The smallest absolute Gasteiger partial charge is 0.292 e. The van der Waals surface area contributed by atoms with Crippen molar-refractivity contribution in [3.05, 3.63) is 32.5 Å². The van der Waals surface area contributed by atoms with Crippen LogP contribution in [-0.4, -0.2) is 23.0 Å². The van der Waals surface area contributed by atoms with Gasteiger partial charge in [-0.15, -0.1) is 0 Å². The molecule has 0 radical (unpaired) electrons. The summed E-state index contributed by atoms with van der Waals surface area (Å²) in [7, 11) is 0. The Morgan fingerprint density at radius 1 is 1.67 bits per heavy atom. The molecule has 1 aromatic heterocycles. The van der Waals surface area contributed by atoms with Gasteiger partial charge in [-0.25, -0.2) is 0 Å². The highest BCUT2D eigenvalue weighted by molar-refractivity contribution is 9.10. The van der Waals surface area contributed by atoms with Gasteiger partial charge in [-0.2, -0.15) is 0 Å². The normalized spacial score (nSPS) is 20.5. The zero-order valence-corrected chi connectivity index (χ0v) is 9.53. The molecule has 2 rings (SSSR count). The minimum Gasteiger partial charge on any atom is -0.316 e. The van der Waals surface area contributed by atoms with Crippen molar-refractivity contribution in [1.82, 2.24) is 10.3 Å². The number of halogens is 1. The minimum absolute atomic E-state index is 0.109. The van der Waals surface area contributed by atoms with E-state index >= 15 is 0 Å². The second kappa shape index (κ2) is 4.24. The Hall–Kier alpha value is -1.01. The van der Waals surface area contributed by atoms with E-state index < -0.39 is 0 Å². The van der Waals surface area contributed by atoms with Gasteiger partial charge in [0, 0.05) is 29.2 Å². The average molecular weight is 272 g/mol. The van der Waals surface area contributed by atoms with Gasteiger partial charge in [0.1, 0.15) is 5.69 Å². The zero-order chi connectivity index (χ0) is 10.8. The van der Waals surface area contributed by atoms with E-state index in [2.05, 4.69) is 26.2 Å². The van der Waals surface area contributed by atoms with Gasteiger partial charge in [0.15, 0.2) is 0 Å². The molecule has 80 valence electrons. The molecule has 0 aromatic carbocycles. The Morgan fingerprint density at radius 3 is 3.07 bits per heavy atom. The Balaban J connectivity index is 2.40. The van der Waals surface area contributed by atoms with Crippen LogP contribution in [0.4, 0.5) is 5.69 Å². The fraction of sp³-hybridized carbons (Fsp3) is 0.444. The van der Waals surface area contributed by atoms with Gasteiger partial charge < -0.3 is 5.32 Å². The standard InChI is InChI=1S/C9H10BrN3O2/c10-7-3-8(13(14)15)9(12-5-7)6-1-2-11-4-6/h3,5-6,11H,1-2,4H2/t6-/m0/s1. The highest BCUT2D eigenvalue weighted by Crippen LogP contribution is 2.30. The van der Waals surface area contributed by atoms with Crippen LogP contribution >= 0.6 is 15.9 Å². The molecule has 1 fully saturated rings. The molecule has 5 nitrogen and oxygen atoms in total. The molecule has 0 aliphatic carbocycles. The molecule has 1 saturated heterocycles. The third kappa shape index (κ3) is 2.15. The Labute approximate surface area is 95.2 Å². The first-order valence-electron chi connectivity index (χ1n) is 4.69. The summed E-state index contributed by atoms with van der Waals surface area (Å²) in [5.74, 6) is 0.165. The lowest BCUT2D eigenvalue weighted by Crippen LogP contribution is -2.10. The molecule has 0 spiro atoms. The first kappa shape index (κ1) is 10.5. The Morgan fingerprint density at radius 2 is 2.47 bits per heavy atom. The summed E-state index contributed by atoms with van der Waals surface area (Å²) in [4.78, 5) is 14.6. The number of nitro groups is 1. The molecule has 1 aromatic rings. The van der Waals surface area contributed by atoms with Crippen LogP contribution in [0.5, 0.6) is 0 Å². The van der Waals surface area contributed by atoms with E-state index in [1.165, 1.54) is 6.07 Å². The highest BCUT2D eigenvalue weighted by Gasteiger charge is 2.26. The lowest BCUT2D eigenvalue weighted by molar-refractivity contribution is -0.386. The fourth-order valence-electron chi connectivity index (χ4n) is 1.79. The predicted octanol–water partition coefficient (Wildman–Crippen LogP) is 1.83. The molecular formula is C9H10BrN3O2. The van der Waals surface area contributed by atoms with Gasteiger partial charge >= 0.3 is 0 Å². The number of rotatable bonds is 2. The molecule has 1 N–H and O–H groups in total. The van der Waals surface area contributed by atoms with Crippen LogP contribution in [0.1, 0.15) is 18.0 Å². The van der Waals surface area contributed by atoms with Gasteiger partial charge in [-0.1, -0.05) is 0 Å². The minimum atomic E-state index is -0.370. The van der Waals surface area contributed by atoms with Gasteiger partial charge in [0.05, 0.1) is 4.92 Å². The molecule has 1 aliphatic heterocycles. The quantitative estimate of drug-likeness (QED) is 0.658. The Bertz CT molecular complexity index is 391. The van der Waals surface area contributed by atoms with Crippen molar-refractivity contribution in [3.8, 4) is 0 Å². The van der Waals surface area contributed by atoms with E-state index in [9.17, 15) is 10.1 Å². The van der Waals surface area contributed by atoms with Gasteiger partial charge in [0.25, 0.3) is 5.69 Å². The van der Waals surface area contributed by atoms with Crippen molar-refractivity contribution in [1.29, 1.82) is 0 Å². The maximum absolute atomic E-state index is 10.9. The number of pyridine rings is 1. The molecule has 15 heavy (non-hydrogen) atoms. The van der Waals surface area contributed by atoms with Crippen molar-refractivity contribution >= 4 is 21.6 Å². The van der Waals surface area contributed by atoms with Crippen molar-refractivity contribution < 1.29 is 4.92 Å². The first-order chi connectivity index (χ1) is 7.18. The molecule has 1 atom stereocenters. The van der Waals surface area contributed by atoms with Gasteiger partial charge in [-0.05, 0) is 28.9 Å². The van der Waals surface area contributed by atoms with E-state index in [1.807, 2.05) is 0 Å². The van der Waals surface area contributed by atoms with Crippen LogP contribution in [0.15, 0.2) is 16.7 Å². The van der Waals surface area contributed by atoms with Gasteiger partial charge in [-0.3, -0.25) is 15.1 Å². The zero-order valence-electron chi connectivity index (χ0n) is 7.94. The fourth-order valence-corrected chi connectivity index (χ4v) is 2.11. The molecular weight excluding hydrogens is 262 g/mol. The topological polar surface area (TPSA) is 68.1 Å². The maximum Gasteiger partial charge on any atom is 0.292 e. The predicted molar refractivity (Wildman–Crippen MR) is 58.8 cm³/mol. The molecule has 0 bridgehead atoms. The van der Waals surface area contributed by atoms with Crippen molar-refractivity contribution in [2.45, 2.75) is 12.3 Å². The van der Waals surface area contributed by atoms with Crippen molar-refractivity contribution in [3.63, 3.8) is 0 Å². The van der Waals surface area contributed by atoms with Crippen LogP contribution in [-0.2, 0) is 0 Å². The maximum atomic E-state index is 10.9. The third-order valence-electron chi connectivity index (χ3n) is 2.51. The number of aromatic nitrogens is 1. The van der Waals surface area contributed by atoms with Crippen LogP contribution in [0.2, 0.25) is 0 Å². The van der Waals surface area contributed by atoms with Crippen LogP contribution in [0, 0.1) is 10.1 Å². The van der Waals surface area contributed by atoms with Crippen molar-refractivity contribution in [2.24, 2.45) is 0 Å². The lowest BCUT2D eigenvalue weighted by atomic mass is 10.0. The summed E-state index contributed by atoms with van der Waals surface area (Å²) in [6, 6.07) is 1.51. The summed E-state index contributed by atoms with van der Waals surface area (Å²) in [6.07, 6.45) is 2.52.